The van der Waals surface area contributed by atoms with E-state index in [2.05, 4.69) is 27.4 Å². The molecule has 0 unspecified atom stereocenters. The smallest absolute Gasteiger partial charge is 0.263 e. The number of nitrogens with one attached hydrogen (secondary N) is 1. The Labute approximate surface area is 199 Å². The number of benzene rings is 2. The number of nitrogens with zero attached hydrogens (tertiary/aromatic N) is 4. The van der Waals surface area contributed by atoms with Crippen LogP contribution in [0.4, 0.5) is 11.5 Å². The van der Waals surface area contributed by atoms with E-state index in [4.69, 9.17) is 4.74 Å². The van der Waals surface area contributed by atoms with Gasteiger partial charge in [0.15, 0.2) is 5.16 Å². The number of hydrogen-bond acceptors (Lipinski definition) is 7. The second-order valence-corrected chi connectivity index (χ2v) is 8.65. The van der Waals surface area contributed by atoms with E-state index in [1.165, 1.54) is 11.8 Å². The Hall–Kier alpha value is -3.10. The molecule has 0 saturated heterocycles. The van der Waals surface area contributed by atoms with Crippen molar-refractivity contribution in [3.8, 4) is 5.75 Å². The molecule has 2 heterocycles. The lowest BCUT2D eigenvalue weighted by Gasteiger charge is -2.23. The lowest BCUT2D eigenvalue weighted by atomic mass is 10.1. The van der Waals surface area contributed by atoms with Gasteiger partial charge < -0.3 is 19.9 Å². The number of fused-ring (bicyclic) bond motifs is 1. The Morgan fingerprint density at radius 1 is 1.15 bits per heavy atom. The van der Waals surface area contributed by atoms with Gasteiger partial charge in [-0.05, 0) is 37.5 Å². The summed E-state index contributed by atoms with van der Waals surface area (Å²) in [6.07, 6.45) is 4.31. The van der Waals surface area contributed by atoms with Gasteiger partial charge in [-0.3, -0.25) is 4.79 Å². The summed E-state index contributed by atoms with van der Waals surface area (Å²) >= 11 is 1.47. The largest absolute Gasteiger partial charge is 0.486 e. The van der Waals surface area contributed by atoms with Gasteiger partial charge in [0.05, 0.1) is 0 Å². The molecule has 0 fully saturated rings. The number of carbonyl (C=O) groups excluding carboxylic acids is 1. The van der Waals surface area contributed by atoms with Crippen molar-refractivity contribution in [2.45, 2.75) is 17.7 Å². The van der Waals surface area contributed by atoms with Crippen molar-refractivity contribution in [1.29, 1.82) is 0 Å². The lowest BCUT2D eigenvalue weighted by molar-refractivity contribution is 0.0989. The van der Waals surface area contributed by atoms with Crippen molar-refractivity contribution in [3.63, 3.8) is 0 Å². The molecular formula is C25H29N5O2S. The molecule has 1 aliphatic rings. The highest BCUT2D eigenvalue weighted by molar-refractivity contribution is 7.98. The third-order valence-corrected chi connectivity index (χ3v) is 6.22. The van der Waals surface area contributed by atoms with Crippen LogP contribution in [0.3, 0.4) is 0 Å². The molecule has 172 valence electrons. The number of carbonyl (C=O) groups is 1. The molecule has 1 aliphatic heterocycles. The number of likely N-dealkylation sites (N-methyl/N-ethyl adjacent to an activating group) is 1. The molecule has 7 nitrogen and oxygen atoms in total. The molecule has 0 bridgehead atoms. The Morgan fingerprint density at radius 3 is 2.73 bits per heavy atom. The molecule has 2 aromatic carbocycles. The summed E-state index contributed by atoms with van der Waals surface area (Å²) in [4.78, 5) is 26.1. The molecule has 1 amide bonds. The van der Waals surface area contributed by atoms with Crippen molar-refractivity contribution in [2.75, 3.05) is 49.8 Å². The van der Waals surface area contributed by atoms with Crippen molar-refractivity contribution in [3.05, 3.63) is 71.9 Å². The van der Waals surface area contributed by atoms with E-state index < -0.39 is 0 Å². The van der Waals surface area contributed by atoms with Gasteiger partial charge in [-0.1, -0.05) is 48.2 Å². The quantitative estimate of drug-likeness (QED) is 0.400. The van der Waals surface area contributed by atoms with Crippen LogP contribution in [0.25, 0.3) is 0 Å². The average Bonchev–Trinajstić information content (AvgIpc) is 2.98. The summed E-state index contributed by atoms with van der Waals surface area (Å²) in [5.41, 5.74) is 2.43. The molecule has 1 atom stereocenters. The summed E-state index contributed by atoms with van der Waals surface area (Å²) in [5, 5.41) is 3.86. The van der Waals surface area contributed by atoms with Crippen LogP contribution in [0.5, 0.6) is 5.75 Å². The summed E-state index contributed by atoms with van der Waals surface area (Å²) in [6.45, 7) is 2.06. The summed E-state index contributed by atoms with van der Waals surface area (Å²) in [5.74, 6) is 1.30. The molecule has 1 aromatic heterocycles. The second kappa shape index (κ2) is 10.7. The van der Waals surface area contributed by atoms with Gasteiger partial charge >= 0.3 is 0 Å². The van der Waals surface area contributed by atoms with E-state index in [1.807, 2.05) is 67.7 Å². The highest BCUT2D eigenvalue weighted by Crippen LogP contribution is 2.31. The summed E-state index contributed by atoms with van der Waals surface area (Å²) in [7, 11) is 3.90. The van der Waals surface area contributed by atoms with Crippen LogP contribution >= 0.6 is 11.8 Å². The van der Waals surface area contributed by atoms with Gasteiger partial charge in [-0.15, -0.1) is 0 Å². The van der Waals surface area contributed by atoms with Gasteiger partial charge in [-0.25, -0.2) is 9.97 Å². The minimum absolute atomic E-state index is 0.0843. The highest BCUT2D eigenvalue weighted by atomic mass is 32.2. The van der Waals surface area contributed by atoms with E-state index in [1.54, 1.807) is 11.1 Å². The zero-order valence-corrected chi connectivity index (χ0v) is 20.0. The third kappa shape index (κ3) is 5.29. The zero-order valence-electron chi connectivity index (χ0n) is 19.2. The molecule has 4 rings (SSSR count). The minimum atomic E-state index is -0.103. The van der Waals surface area contributed by atoms with Gasteiger partial charge in [0, 0.05) is 44.5 Å². The standard InChI is InChI=1S/C25H29N5O2S/c1-26-13-12-22(18-8-5-4-6-9-18)32-20-11-7-10-19(16-20)30-15-14-29(2)23-21(24(30)31)17-27-25(28-23)33-3/h4-11,16-17,22,26H,12-15H2,1-3H3/t22-/m0/s1. The first-order valence-corrected chi connectivity index (χ1v) is 12.2. The maximum absolute atomic E-state index is 13.4. The first-order valence-electron chi connectivity index (χ1n) is 11.0. The fourth-order valence-corrected chi connectivity index (χ4v) is 4.21. The number of thioether (sulfide) groups is 1. The van der Waals surface area contributed by atoms with Crippen molar-refractivity contribution >= 4 is 29.2 Å². The van der Waals surface area contributed by atoms with Crippen LogP contribution in [0.1, 0.15) is 28.4 Å². The Balaban J connectivity index is 1.60. The number of hydrogen-bond donors (Lipinski definition) is 1. The number of rotatable bonds is 8. The third-order valence-electron chi connectivity index (χ3n) is 5.66. The predicted molar refractivity (Wildman–Crippen MR) is 134 cm³/mol. The molecule has 0 spiro atoms. The van der Waals surface area contributed by atoms with Crippen LogP contribution < -0.4 is 19.9 Å². The molecular weight excluding hydrogens is 434 g/mol. The lowest BCUT2D eigenvalue weighted by Crippen LogP contribution is -2.33. The van der Waals surface area contributed by atoms with Gasteiger partial charge in [0.1, 0.15) is 23.2 Å². The van der Waals surface area contributed by atoms with Crippen LogP contribution in [0.15, 0.2) is 66.0 Å². The topological polar surface area (TPSA) is 70.6 Å². The van der Waals surface area contributed by atoms with E-state index in [9.17, 15) is 4.79 Å². The highest BCUT2D eigenvalue weighted by Gasteiger charge is 2.28. The molecule has 8 heteroatoms. The molecule has 3 aromatic rings. The first-order chi connectivity index (χ1) is 16.1. The van der Waals surface area contributed by atoms with Crippen LogP contribution in [-0.2, 0) is 0 Å². The van der Waals surface area contributed by atoms with Crippen LogP contribution in [0.2, 0.25) is 0 Å². The van der Waals surface area contributed by atoms with Gasteiger partial charge in [0.2, 0.25) is 0 Å². The van der Waals surface area contributed by atoms with E-state index in [0.717, 1.165) is 30.0 Å². The molecule has 0 radical (unpaired) electrons. The van der Waals surface area contributed by atoms with E-state index >= 15 is 0 Å². The summed E-state index contributed by atoms with van der Waals surface area (Å²) in [6, 6.07) is 18.0. The number of aromatic nitrogens is 2. The van der Waals surface area contributed by atoms with Crippen molar-refractivity contribution in [2.24, 2.45) is 0 Å². The minimum Gasteiger partial charge on any atom is -0.486 e. The first kappa shape index (κ1) is 23.1. The molecule has 0 saturated carbocycles. The SMILES string of the molecule is CNCC[C@H](Oc1cccc(N2CCN(C)c3nc(SC)ncc3C2=O)c1)c1ccccc1. The predicted octanol–water partition coefficient (Wildman–Crippen LogP) is 4.02. The Morgan fingerprint density at radius 2 is 1.97 bits per heavy atom. The average molecular weight is 464 g/mol. The number of anilines is 2. The van der Waals surface area contributed by atoms with E-state index in [0.29, 0.717) is 29.6 Å². The maximum Gasteiger partial charge on any atom is 0.263 e. The number of ether oxygens (including phenoxy) is 1. The maximum atomic E-state index is 13.4. The van der Waals surface area contributed by atoms with Crippen LogP contribution in [0, 0.1) is 0 Å². The second-order valence-electron chi connectivity index (χ2n) is 7.88. The molecule has 1 N–H and O–H groups in total. The van der Waals surface area contributed by atoms with Crippen molar-refractivity contribution < 1.29 is 9.53 Å². The number of amides is 1. The molecule has 0 aliphatic carbocycles. The fraction of sp³-hybridized carbons (Fsp3) is 0.320. The van der Waals surface area contributed by atoms with Crippen LogP contribution in [-0.4, -0.2) is 55.9 Å². The monoisotopic (exact) mass is 463 g/mol. The van der Waals surface area contributed by atoms with Gasteiger partial charge in [-0.2, -0.15) is 0 Å². The van der Waals surface area contributed by atoms with Crippen molar-refractivity contribution in [1.82, 2.24) is 15.3 Å². The fourth-order valence-electron chi connectivity index (χ4n) is 3.87. The summed E-state index contributed by atoms with van der Waals surface area (Å²) < 4.78 is 6.41. The van der Waals surface area contributed by atoms with E-state index in [-0.39, 0.29) is 12.0 Å². The zero-order chi connectivity index (χ0) is 23.2. The Bertz CT molecular complexity index is 1100. The Kier molecular flexibility index (Phi) is 7.47. The normalized spacial score (nSPS) is 14.6. The van der Waals surface area contributed by atoms with Gasteiger partial charge in [0.25, 0.3) is 5.91 Å². The molecule has 33 heavy (non-hydrogen) atoms.